The number of aliphatic carboxylic acids is 1. The highest BCUT2D eigenvalue weighted by Gasteiger charge is 2.38. The largest absolute Gasteiger partial charge is 0.481 e. The molecule has 110 valence electrons. The third-order valence-electron chi connectivity index (χ3n) is 3.89. The second-order valence-corrected chi connectivity index (χ2v) is 6.02. The minimum Gasteiger partial charge on any atom is -0.481 e. The Hall–Kier alpha value is -1.10. The van der Waals surface area contributed by atoms with E-state index in [1.807, 2.05) is 6.92 Å². The molecule has 0 heterocycles. The zero-order valence-electron chi connectivity index (χ0n) is 11.9. The van der Waals surface area contributed by atoms with Crippen LogP contribution in [-0.4, -0.2) is 28.6 Å². The van der Waals surface area contributed by atoms with Crippen LogP contribution in [0.4, 0.5) is 0 Å². The van der Waals surface area contributed by atoms with Gasteiger partial charge in [-0.1, -0.05) is 19.8 Å². The quantitative estimate of drug-likeness (QED) is 0.684. The normalized spacial score (nSPS) is 28.7. The van der Waals surface area contributed by atoms with E-state index in [0.29, 0.717) is 18.8 Å². The fourth-order valence-electron chi connectivity index (χ4n) is 2.80. The van der Waals surface area contributed by atoms with Crippen molar-refractivity contribution in [2.75, 3.05) is 0 Å². The molecule has 0 spiro atoms. The first-order valence-electron chi connectivity index (χ1n) is 7.15. The molecule has 0 aromatic carbocycles. The van der Waals surface area contributed by atoms with Crippen molar-refractivity contribution >= 4 is 11.9 Å². The molecule has 0 bridgehead atoms. The van der Waals surface area contributed by atoms with Gasteiger partial charge < -0.3 is 16.2 Å². The topological polar surface area (TPSA) is 92.4 Å². The maximum absolute atomic E-state index is 12.2. The van der Waals surface area contributed by atoms with E-state index in [0.717, 1.165) is 25.7 Å². The Morgan fingerprint density at radius 1 is 1.53 bits per heavy atom. The fraction of sp³-hybridized carbons (Fsp3) is 0.857. The first-order chi connectivity index (χ1) is 8.83. The third kappa shape index (κ3) is 5.19. The second-order valence-electron chi connectivity index (χ2n) is 6.02. The van der Waals surface area contributed by atoms with Crippen LogP contribution in [0, 0.1) is 5.92 Å². The van der Waals surface area contributed by atoms with Gasteiger partial charge in [0.05, 0.1) is 5.54 Å². The van der Waals surface area contributed by atoms with Gasteiger partial charge in [0.25, 0.3) is 0 Å². The minimum absolute atomic E-state index is 0.0236. The Morgan fingerprint density at radius 3 is 2.79 bits per heavy atom. The molecule has 4 N–H and O–H groups in total. The van der Waals surface area contributed by atoms with Crippen LogP contribution in [-0.2, 0) is 9.59 Å². The van der Waals surface area contributed by atoms with Crippen molar-refractivity contribution in [1.82, 2.24) is 5.32 Å². The first kappa shape index (κ1) is 16.0. The van der Waals surface area contributed by atoms with Crippen molar-refractivity contribution in [3.63, 3.8) is 0 Å². The number of nitrogens with one attached hydrogen (secondary N) is 1. The first-order valence-corrected chi connectivity index (χ1v) is 7.15. The van der Waals surface area contributed by atoms with Crippen molar-refractivity contribution in [2.45, 2.75) is 70.4 Å². The zero-order valence-corrected chi connectivity index (χ0v) is 11.9. The van der Waals surface area contributed by atoms with E-state index in [1.54, 1.807) is 0 Å². The molecule has 3 unspecified atom stereocenters. The number of amides is 1. The minimum atomic E-state index is -0.796. The SMILES string of the molecule is CC1CCCC(N)(C(=O)NC(C)CCCC(=O)O)C1. The van der Waals surface area contributed by atoms with E-state index < -0.39 is 11.5 Å². The average Bonchev–Trinajstić information content (AvgIpc) is 2.27. The summed E-state index contributed by atoms with van der Waals surface area (Å²) < 4.78 is 0. The molecule has 0 saturated heterocycles. The van der Waals surface area contributed by atoms with E-state index >= 15 is 0 Å². The Labute approximate surface area is 114 Å². The van der Waals surface area contributed by atoms with Gasteiger partial charge in [0.1, 0.15) is 0 Å². The van der Waals surface area contributed by atoms with Crippen molar-refractivity contribution in [3.8, 4) is 0 Å². The highest BCUT2D eigenvalue weighted by atomic mass is 16.4. The highest BCUT2D eigenvalue weighted by molar-refractivity contribution is 5.86. The van der Waals surface area contributed by atoms with Gasteiger partial charge in [-0.25, -0.2) is 0 Å². The smallest absolute Gasteiger partial charge is 0.303 e. The number of hydrogen-bond acceptors (Lipinski definition) is 3. The van der Waals surface area contributed by atoms with E-state index in [9.17, 15) is 9.59 Å². The summed E-state index contributed by atoms with van der Waals surface area (Å²) in [5.74, 6) is -0.386. The molecule has 5 nitrogen and oxygen atoms in total. The molecule has 1 aliphatic rings. The van der Waals surface area contributed by atoms with Crippen LogP contribution in [0.5, 0.6) is 0 Å². The summed E-state index contributed by atoms with van der Waals surface area (Å²) in [6, 6.07) is -0.0236. The molecule has 1 rings (SSSR count). The lowest BCUT2D eigenvalue weighted by Gasteiger charge is -2.36. The van der Waals surface area contributed by atoms with Crippen LogP contribution in [0.2, 0.25) is 0 Å². The van der Waals surface area contributed by atoms with Crippen LogP contribution < -0.4 is 11.1 Å². The van der Waals surface area contributed by atoms with Gasteiger partial charge in [0.15, 0.2) is 0 Å². The van der Waals surface area contributed by atoms with Crippen LogP contribution in [0.25, 0.3) is 0 Å². The Morgan fingerprint density at radius 2 is 2.21 bits per heavy atom. The van der Waals surface area contributed by atoms with E-state index in [2.05, 4.69) is 12.2 Å². The van der Waals surface area contributed by atoms with Crippen LogP contribution >= 0.6 is 0 Å². The Kier molecular flexibility index (Phi) is 5.79. The summed E-state index contributed by atoms with van der Waals surface area (Å²) in [7, 11) is 0. The predicted molar refractivity (Wildman–Crippen MR) is 73.6 cm³/mol. The summed E-state index contributed by atoms with van der Waals surface area (Å²) in [5.41, 5.74) is 5.47. The summed E-state index contributed by atoms with van der Waals surface area (Å²) in [6.07, 6.45) is 5.00. The standard InChI is InChI=1S/C14H26N2O3/c1-10-5-4-8-14(15,9-10)13(19)16-11(2)6-3-7-12(17)18/h10-11H,3-9,15H2,1-2H3,(H,16,19)(H,17,18). The van der Waals surface area contributed by atoms with Gasteiger partial charge >= 0.3 is 5.97 Å². The molecule has 19 heavy (non-hydrogen) atoms. The number of carboxylic acid groups (broad SMARTS) is 1. The molecule has 0 radical (unpaired) electrons. The molecule has 0 aromatic heterocycles. The van der Waals surface area contributed by atoms with Crippen molar-refractivity contribution in [1.29, 1.82) is 0 Å². The van der Waals surface area contributed by atoms with Gasteiger partial charge in [-0.3, -0.25) is 9.59 Å². The lowest BCUT2D eigenvalue weighted by atomic mass is 9.76. The van der Waals surface area contributed by atoms with Gasteiger partial charge in [-0.15, -0.1) is 0 Å². The molecule has 3 atom stereocenters. The maximum atomic E-state index is 12.2. The predicted octanol–water partition coefficient (Wildman–Crippen LogP) is 1.65. The monoisotopic (exact) mass is 270 g/mol. The number of carbonyl (C=O) groups is 2. The molecule has 5 heteroatoms. The molecular weight excluding hydrogens is 244 g/mol. The zero-order chi connectivity index (χ0) is 14.5. The van der Waals surface area contributed by atoms with Crippen LogP contribution in [0.15, 0.2) is 0 Å². The molecule has 1 aliphatic carbocycles. The average molecular weight is 270 g/mol. The fourth-order valence-corrected chi connectivity index (χ4v) is 2.80. The number of carbonyl (C=O) groups excluding carboxylic acids is 1. The molecule has 0 aromatic rings. The lowest BCUT2D eigenvalue weighted by molar-refractivity contribution is -0.137. The highest BCUT2D eigenvalue weighted by Crippen LogP contribution is 2.30. The molecule has 1 fully saturated rings. The van der Waals surface area contributed by atoms with Gasteiger partial charge in [0.2, 0.25) is 5.91 Å². The van der Waals surface area contributed by atoms with E-state index in [4.69, 9.17) is 10.8 Å². The third-order valence-corrected chi connectivity index (χ3v) is 3.89. The van der Waals surface area contributed by atoms with Crippen molar-refractivity contribution in [2.24, 2.45) is 11.7 Å². The van der Waals surface area contributed by atoms with Crippen molar-refractivity contribution in [3.05, 3.63) is 0 Å². The summed E-state index contributed by atoms with van der Waals surface area (Å²) in [5, 5.41) is 11.5. The van der Waals surface area contributed by atoms with Gasteiger partial charge in [-0.05, 0) is 38.5 Å². The van der Waals surface area contributed by atoms with E-state index in [-0.39, 0.29) is 18.4 Å². The van der Waals surface area contributed by atoms with Crippen molar-refractivity contribution < 1.29 is 14.7 Å². The van der Waals surface area contributed by atoms with Crippen LogP contribution in [0.3, 0.4) is 0 Å². The lowest BCUT2D eigenvalue weighted by Crippen LogP contribution is -2.57. The number of rotatable bonds is 6. The maximum Gasteiger partial charge on any atom is 0.303 e. The number of nitrogens with two attached hydrogens (primary N) is 1. The van der Waals surface area contributed by atoms with Gasteiger partial charge in [0, 0.05) is 12.5 Å². The number of carboxylic acids is 1. The summed E-state index contributed by atoms with van der Waals surface area (Å²) in [4.78, 5) is 22.7. The molecule has 1 amide bonds. The molecule has 0 aliphatic heterocycles. The summed E-state index contributed by atoms with van der Waals surface area (Å²) >= 11 is 0. The van der Waals surface area contributed by atoms with Crippen LogP contribution in [0.1, 0.15) is 58.8 Å². The molecular formula is C14H26N2O3. The van der Waals surface area contributed by atoms with Gasteiger partial charge in [-0.2, -0.15) is 0 Å². The molecule has 1 saturated carbocycles. The number of hydrogen-bond donors (Lipinski definition) is 3. The Balaban J connectivity index is 2.38. The second kappa shape index (κ2) is 6.89. The van der Waals surface area contributed by atoms with E-state index in [1.165, 1.54) is 0 Å². The summed E-state index contributed by atoms with van der Waals surface area (Å²) in [6.45, 7) is 4.03. The Bertz CT molecular complexity index is 333.